The number of hydrogen-bond donors (Lipinski definition) is 0. The Bertz CT molecular complexity index is 2840. The summed E-state index contributed by atoms with van der Waals surface area (Å²) in [6.07, 6.45) is 3.93. The summed E-state index contributed by atoms with van der Waals surface area (Å²) in [6, 6.07) is 37.1. The van der Waals surface area contributed by atoms with Crippen molar-refractivity contribution in [2.24, 2.45) is 0 Å². The Kier molecular flexibility index (Phi) is 13.9. The highest BCUT2D eigenvalue weighted by Crippen LogP contribution is 2.33. The fourth-order valence-corrected chi connectivity index (χ4v) is 7.17. The highest BCUT2D eigenvalue weighted by atomic mass is 79.9. The lowest BCUT2D eigenvalue weighted by Gasteiger charge is -2.12. The van der Waals surface area contributed by atoms with E-state index in [1.807, 2.05) is 98.8 Å². The van der Waals surface area contributed by atoms with E-state index in [2.05, 4.69) is 34.9 Å². The van der Waals surface area contributed by atoms with Crippen LogP contribution >= 0.6 is 15.9 Å². The van der Waals surface area contributed by atoms with Gasteiger partial charge in [-0.3, -0.25) is 9.59 Å². The van der Waals surface area contributed by atoms with E-state index in [1.165, 1.54) is 0 Å². The summed E-state index contributed by atoms with van der Waals surface area (Å²) >= 11 is 3.43. The van der Waals surface area contributed by atoms with Crippen LogP contribution in [0, 0.1) is 13.8 Å². The van der Waals surface area contributed by atoms with Crippen molar-refractivity contribution in [1.82, 2.24) is 4.90 Å². The minimum atomic E-state index is -0.0680. The van der Waals surface area contributed by atoms with E-state index >= 15 is 0 Å². The molecule has 10 heteroatoms. The summed E-state index contributed by atoms with van der Waals surface area (Å²) in [5, 5.41) is 3.05. The summed E-state index contributed by atoms with van der Waals surface area (Å²) < 4.78 is 36.1. The normalized spacial score (nSPS) is 11.2. The molecule has 0 atom stereocenters. The van der Waals surface area contributed by atoms with E-state index in [9.17, 15) is 9.59 Å². The van der Waals surface area contributed by atoms with Crippen molar-refractivity contribution >= 4 is 59.8 Å². The van der Waals surface area contributed by atoms with Crippen molar-refractivity contribution in [2.45, 2.75) is 39.5 Å². The molecule has 8 rings (SSSR count). The summed E-state index contributed by atoms with van der Waals surface area (Å²) in [7, 11) is 4.12. The second kappa shape index (κ2) is 19.8. The number of rotatable bonds is 15. The van der Waals surface area contributed by atoms with Crippen LogP contribution in [-0.4, -0.2) is 44.1 Å². The molecule has 2 heterocycles. The number of ether oxygens (including phenoxy) is 4. The van der Waals surface area contributed by atoms with Crippen LogP contribution in [0.3, 0.4) is 0 Å². The fourth-order valence-electron chi connectivity index (χ4n) is 6.77. The number of aryl methyl sites for hydroxylation is 2. The maximum atomic E-state index is 13.2. The molecular formula is C50H48BrNO8. The Hall–Kier alpha value is -6.10. The van der Waals surface area contributed by atoms with E-state index < -0.39 is 0 Å². The third-order valence-electron chi connectivity index (χ3n) is 9.71. The SMILES string of the molecule is Cc1cc(OCCCCBr)c2oc3cc(Oc4ccccc4)ccc3c(=O)c2c1.Cc1cc(OCCCCN(C)C)c2oc3cc(Oc4ccccc4)ccc3c(=O)c2c1. The second-order valence-corrected chi connectivity index (χ2v) is 15.7. The molecule has 6 aromatic carbocycles. The van der Waals surface area contributed by atoms with Crippen molar-refractivity contribution in [3.63, 3.8) is 0 Å². The first-order valence-electron chi connectivity index (χ1n) is 20.1. The average molecular weight is 871 g/mol. The van der Waals surface area contributed by atoms with E-state index in [4.69, 9.17) is 27.8 Å². The molecule has 0 radical (unpaired) electrons. The van der Waals surface area contributed by atoms with Gasteiger partial charge in [-0.15, -0.1) is 0 Å². The molecule has 0 aliphatic heterocycles. The highest BCUT2D eigenvalue weighted by molar-refractivity contribution is 9.09. The molecule has 9 nitrogen and oxygen atoms in total. The van der Waals surface area contributed by atoms with Gasteiger partial charge in [-0.2, -0.15) is 0 Å². The number of nitrogens with zero attached hydrogens (tertiary/aromatic N) is 1. The molecule has 0 bridgehead atoms. The van der Waals surface area contributed by atoms with Crippen LogP contribution in [0.5, 0.6) is 34.5 Å². The smallest absolute Gasteiger partial charge is 0.200 e. The van der Waals surface area contributed by atoms with Crippen molar-refractivity contribution in [2.75, 3.05) is 39.2 Å². The topological polar surface area (TPSA) is 101 Å². The van der Waals surface area contributed by atoms with Crippen LogP contribution in [0.4, 0.5) is 0 Å². The van der Waals surface area contributed by atoms with Crippen LogP contribution in [-0.2, 0) is 0 Å². The van der Waals surface area contributed by atoms with Gasteiger partial charge in [0.25, 0.3) is 0 Å². The number of unbranched alkanes of at least 4 members (excludes halogenated alkanes) is 2. The van der Waals surface area contributed by atoms with Crippen LogP contribution in [0.25, 0.3) is 43.9 Å². The van der Waals surface area contributed by atoms with Crippen LogP contribution in [0.2, 0.25) is 0 Å². The van der Waals surface area contributed by atoms with E-state index in [0.29, 0.717) is 80.1 Å². The third kappa shape index (κ3) is 10.4. The molecule has 2 aromatic heterocycles. The van der Waals surface area contributed by atoms with Gasteiger partial charge in [0.15, 0.2) is 22.7 Å². The predicted octanol–water partition coefficient (Wildman–Crippen LogP) is 12.4. The zero-order chi connectivity index (χ0) is 42.0. The van der Waals surface area contributed by atoms with Gasteiger partial charge in [-0.1, -0.05) is 52.3 Å². The Labute approximate surface area is 357 Å². The Balaban J connectivity index is 0.000000182. The molecule has 0 fully saturated rings. The first-order valence-corrected chi connectivity index (χ1v) is 21.2. The van der Waals surface area contributed by atoms with Gasteiger partial charge < -0.3 is 32.7 Å². The molecular weight excluding hydrogens is 822 g/mol. The maximum Gasteiger partial charge on any atom is 0.200 e. The molecule has 0 N–H and O–H groups in total. The van der Waals surface area contributed by atoms with Crippen LogP contribution in [0.1, 0.15) is 36.8 Å². The van der Waals surface area contributed by atoms with Crippen LogP contribution < -0.4 is 29.8 Å². The maximum absolute atomic E-state index is 13.2. The summed E-state index contributed by atoms with van der Waals surface area (Å²) in [5.41, 5.74) is 3.70. The lowest BCUT2D eigenvalue weighted by atomic mass is 10.1. The number of para-hydroxylation sites is 2. The largest absolute Gasteiger partial charge is 0.490 e. The first-order chi connectivity index (χ1) is 29.2. The third-order valence-corrected chi connectivity index (χ3v) is 10.3. The molecule has 308 valence electrons. The lowest BCUT2D eigenvalue weighted by Crippen LogP contribution is -2.13. The molecule has 8 aromatic rings. The van der Waals surface area contributed by atoms with Gasteiger partial charge in [0.1, 0.15) is 34.2 Å². The molecule has 60 heavy (non-hydrogen) atoms. The van der Waals surface area contributed by atoms with Gasteiger partial charge in [0.2, 0.25) is 10.9 Å². The van der Waals surface area contributed by atoms with Gasteiger partial charge in [0.05, 0.1) is 34.8 Å². The molecule has 0 unspecified atom stereocenters. The monoisotopic (exact) mass is 869 g/mol. The van der Waals surface area contributed by atoms with Crippen molar-refractivity contribution in [3.05, 3.63) is 153 Å². The standard InChI is InChI=1S/C26H27NO4.C24H21BrO4/c1-18-15-22-25(28)21-12-11-20(30-19-9-5-4-6-10-19)17-23(21)31-26(22)24(16-18)29-14-8-7-13-27(2)3;1-16-13-20-23(26)19-10-9-18(28-17-7-3-2-4-8-17)15-21(19)29-24(20)22(14-16)27-12-6-5-11-25/h4-6,9-12,15-17H,7-8,13-14H2,1-3H3;2-4,7-10,13-15H,5-6,11-12H2,1H3. The zero-order valence-electron chi connectivity index (χ0n) is 34.3. The van der Waals surface area contributed by atoms with Gasteiger partial charge >= 0.3 is 0 Å². The summed E-state index contributed by atoms with van der Waals surface area (Å²) in [6.45, 7) is 6.07. The first kappa shape index (κ1) is 42.0. The van der Waals surface area contributed by atoms with E-state index in [0.717, 1.165) is 60.2 Å². The number of alkyl halides is 1. The molecule has 0 aliphatic rings. The second-order valence-electron chi connectivity index (χ2n) is 14.9. The minimum absolute atomic E-state index is 0.0660. The van der Waals surface area contributed by atoms with E-state index in [1.54, 1.807) is 36.4 Å². The highest BCUT2D eigenvalue weighted by Gasteiger charge is 2.16. The van der Waals surface area contributed by atoms with E-state index in [-0.39, 0.29) is 10.9 Å². The minimum Gasteiger partial charge on any atom is -0.490 e. The summed E-state index contributed by atoms with van der Waals surface area (Å²) in [5.74, 6) is 3.87. The molecule has 0 aliphatic carbocycles. The number of halogens is 1. The molecule has 0 saturated carbocycles. The molecule has 0 amide bonds. The Morgan fingerprint density at radius 3 is 1.40 bits per heavy atom. The zero-order valence-corrected chi connectivity index (χ0v) is 35.9. The number of benzene rings is 6. The molecule has 0 spiro atoms. The fraction of sp³-hybridized carbons (Fsp3) is 0.240. The average Bonchev–Trinajstić information content (AvgIpc) is 3.24. The van der Waals surface area contributed by atoms with Crippen molar-refractivity contribution < 1.29 is 27.8 Å². The van der Waals surface area contributed by atoms with Crippen molar-refractivity contribution in [3.8, 4) is 34.5 Å². The predicted molar refractivity (Wildman–Crippen MR) is 244 cm³/mol. The van der Waals surface area contributed by atoms with Gasteiger partial charge in [-0.05, 0) is 144 Å². The Morgan fingerprint density at radius 2 is 0.967 bits per heavy atom. The van der Waals surface area contributed by atoms with Gasteiger partial charge in [0, 0.05) is 17.5 Å². The summed E-state index contributed by atoms with van der Waals surface area (Å²) in [4.78, 5) is 28.4. The number of fused-ring (bicyclic) bond motifs is 4. The molecule has 0 saturated heterocycles. The lowest BCUT2D eigenvalue weighted by molar-refractivity contribution is 0.292. The van der Waals surface area contributed by atoms with Gasteiger partial charge in [-0.25, -0.2) is 0 Å². The Morgan fingerprint density at radius 1 is 0.517 bits per heavy atom. The van der Waals surface area contributed by atoms with Crippen molar-refractivity contribution in [1.29, 1.82) is 0 Å². The quantitative estimate of drug-likeness (QED) is 0.0566. The van der Waals surface area contributed by atoms with Crippen LogP contribution in [0.15, 0.2) is 140 Å². The number of hydrogen-bond acceptors (Lipinski definition) is 9.